The van der Waals surface area contributed by atoms with Crippen molar-refractivity contribution in [2.45, 2.75) is 43.3 Å². The molecule has 15 heteroatoms. The summed E-state index contributed by atoms with van der Waals surface area (Å²) in [7, 11) is -5.37. The highest BCUT2D eigenvalue weighted by Gasteiger charge is 2.18. The van der Waals surface area contributed by atoms with Crippen molar-refractivity contribution in [2.24, 2.45) is 10.3 Å². The summed E-state index contributed by atoms with van der Waals surface area (Å²) in [6.07, 6.45) is 3.34. The number of carbonyl (C=O) groups is 1. The Hall–Kier alpha value is -2.75. The van der Waals surface area contributed by atoms with Crippen molar-refractivity contribution >= 4 is 59.8 Å². The van der Waals surface area contributed by atoms with E-state index in [0.717, 1.165) is 43.2 Å². The molecule has 0 saturated heterocycles. The predicted octanol–water partition coefficient (Wildman–Crippen LogP) is 4.79. The SMILES string of the molecule is COC(=O)/C(=N/OS(=O)(=O)Cc1ccccc1)SCCCCCCS/C(C)=N\OS(=O)(=O)c1ccc(OC)cc1. The fraction of sp³-hybridized carbons (Fsp3) is 0.400. The highest BCUT2D eigenvalue weighted by atomic mass is 32.2. The minimum atomic E-state index is -4.02. The Kier molecular flexibility index (Phi) is 14.3. The molecule has 0 aliphatic rings. The van der Waals surface area contributed by atoms with Gasteiger partial charge in [-0.05, 0) is 61.1 Å². The Labute approximate surface area is 243 Å². The van der Waals surface area contributed by atoms with Gasteiger partial charge in [0.05, 0.1) is 14.2 Å². The zero-order valence-electron chi connectivity index (χ0n) is 22.3. The Balaban J connectivity index is 1.68. The highest BCUT2D eigenvalue weighted by molar-refractivity contribution is 8.15. The van der Waals surface area contributed by atoms with E-state index in [1.54, 1.807) is 37.3 Å². The van der Waals surface area contributed by atoms with Gasteiger partial charge in [0.25, 0.3) is 0 Å². The molecule has 0 atom stereocenters. The first kappa shape index (κ1) is 33.5. The lowest BCUT2D eigenvalue weighted by molar-refractivity contribution is -0.132. The number of rotatable bonds is 15. The molecule has 0 amide bonds. The monoisotopic (exact) mass is 632 g/mol. The summed E-state index contributed by atoms with van der Waals surface area (Å²) in [4.78, 5) is 11.9. The molecule has 0 saturated carbocycles. The zero-order valence-corrected chi connectivity index (χ0v) is 25.6. The average molecular weight is 633 g/mol. The highest BCUT2D eigenvalue weighted by Crippen LogP contribution is 2.19. The van der Waals surface area contributed by atoms with Crippen LogP contribution in [0.15, 0.2) is 69.8 Å². The van der Waals surface area contributed by atoms with E-state index in [1.807, 2.05) is 0 Å². The van der Waals surface area contributed by atoms with Crippen molar-refractivity contribution in [1.29, 1.82) is 0 Å². The molecule has 0 N–H and O–H groups in total. The van der Waals surface area contributed by atoms with Crippen LogP contribution in [-0.2, 0) is 44.1 Å². The van der Waals surface area contributed by atoms with Crippen LogP contribution in [0.1, 0.15) is 38.2 Å². The van der Waals surface area contributed by atoms with Crippen LogP contribution in [0, 0.1) is 0 Å². The molecular formula is C25H32N2O9S4. The summed E-state index contributed by atoms with van der Waals surface area (Å²) < 4.78 is 68.0. The Morgan fingerprint density at radius 1 is 0.800 bits per heavy atom. The first-order chi connectivity index (χ1) is 19.1. The van der Waals surface area contributed by atoms with Crippen molar-refractivity contribution in [3.05, 3.63) is 60.2 Å². The third kappa shape index (κ3) is 12.6. The molecule has 2 rings (SSSR count). The average Bonchev–Trinajstić information content (AvgIpc) is 2.94. The van der Waals surface area contributed by atoms with Gasteiger partial charge in [0.2, 0.25) is 5.04 Å². The molecular weight excluding hydrogens is 601 g/mol. The van der Waals surface area contributed by atoms with Crippen LogP contribution in [0.5, 0.6) is 5.75 Å². The van der Waals surface area contributed by atoms with E-state index in [4.69, 9.17) is 13.3 Å². The summed E-state index contributed by atoms with van der Waals surface area (Å²) in [5.74, 6) is 0.617. The second-order valence-corrected chi connectivity index (χ2v) is 13.5. The van der Waals surface area contributed by atoms with Gasteiger partial charge in [0.15, 0.2) is 0 Å². The van der Waals surface area contributed by atoms with Crippen LogP contribution in [-0.4, -0.2) is 58.6 Å². The van der Waals surface area contributed by atoms with Gasteiger partial charge in [-0.15, -0.1) is 11.8 Å². The van der Waals surface area contributed by atoms with E-state index in [2.05, 4.69) is 15.0 Å². The maximum Gasteiger partial charge on any atom is 0.366 e. The first-order valence-corrected chi connectivity index (χ1v) is 17.0. The quantitative estimate of drug-likeness (QED) is 0.0877. The van der Waals surface area contributed by atoms with Crippen LogP contribution in [0.2, 0.25) is 0 Å². The van der Waals surface area contributed by atoms with E-state index in [0.29, 0.717) is 22.1 Å². The number of oxime groups is 2. The van der Waals surface area contributed by atoms with Gasteiger partial charge in [-0.3, -0.25) is 8.57 Å². The molecule has 11 nitrogen and oxygen atoms in total. The fourth-order valence-electron chi connectivity index (χ4n) is 2.96. The summed E-state index contributed by atoms with van der Waals surface area (Å²) in [5, 5.41) is 7.55. The third-order valence-electron chi connectivity index (χ3n) is 4.98. The van der Waals surface area contributed by atoms with Gasteiger partial charge in [-0.1, -0.05) is 65.2 Å². The minimum absolute atomic E-state index is 0.0199. The third-order valence-corrected chi connectivity index (χ3v) is 9.08. The number of unbranched alkanes of at least 4 members (excludes halogenated alkanes) is 3. The normalized spacial score (nSPS) is 12.6. The van der Waals surface area contributed by atoms with Crippen LogP contribution in [0.4, 0.5) is 0 Å². The molecule has 0 aliphatic carbocycles. The van der Waals surface area contributed by atoms with E-state index in [1.165, 1.54) is 50.2 Å². The largest absolute Gasteiger partial charge is 0.497 e. The molecule has 0 unspecified atom stereocenters. The lowest BCUT2D eigenvalue weighted by Crippen LogP contribution is -2.15. The molecule has 0 aromatic heterocycles. The molecule has 0 radical (unpaired) electrons. The predicted molar refractivity (Wildman–Crippen MR) is 157 cm³/mol. The van der Waals surface area contributed by atoms with Gasteiger partial charge in [0, 0.05) is 0 Å². The molecule has 40 heavy (non-hydrogen) atoms. The van der Waals surface area contributed by atoms with Crippen LogP contribution in [0.25, 0.3) is 0 Å². The molecule has 0 aliphatic heterocycles. The second-order valence-electron chi connectivity index (χ2n) is 8.08. The molecule has 220 valence electrons. The number of carbonyl (C=O) groups excluding carboxylic acids is 1. The minimum Gasteiger partial charge on any atom is -0.497 e. The Bertz CT molecular complexity index is 1350. The summed E-state index contributed by atoms with van der Waals surface area (Å²) in [5.41, 5.74) is 0.538. The van der Waals surface area contributed by atoms with E-state index < -0.39 is 26.2 Å². The summed E-state index contributed by atoms with van der Waals surface area (Å²) in [6.45, 7) is 1.67. The molecule has 2 aromatic carbocycles. The van der Waals surface area contributed by atoms with Crippen molar-refractivity contribution in [2.75, 3.05) is 25.7 Å². The van der Waals surface area contributed by atoms with Gasteiger partial charge in [0.1, 0.15) is 21.4 Å². The number of methoxy groups -OCH3 is 2. The van der Waals surface area contributed by atoms with Crippen molar-refractivity contribution in [3.63, 3.8) is 0 Å². The van der Waals surface area contributed by atoms with Gasteiger partial charge in [-0.2, -0.15) is 16.8 Å². The molecule has 0 heterocycles. The van der Waals surface area contributed by atoms with E-state index in [9.17, 15) is 21.6 Å². The maximum absolute atomic E-state index is 12.2. The standard InChI is InChI=1S/C25H32N2O9S4/c1-20(26-36-40(31,32)23-15-13-22(33-2)14-16-23)37-17-9-4-5-10-18-38-24(25(28)34-3)27-35-39(29,30)19-21-11-7-6-8-12-21/h6-8,11-16H,4-5,9-10,17-19H2,1-3H3/b26-20-,27-24-. The summed E-state index contributed by atoms with van der Waals surface area (Å²) >= 11 is 2.45. The molecule has 0 bridgehead atoms. The molecule has 2 aromatic rings. The van der Waals surface area contributed by atoms with Crippen molar-refractivity contribution in [3.8, 4) is 5.75 Å². The Morgan fingerprint density at radius 2 is 1.43 bits per heavy atom. The lowest BCUT2D eigenvalue weighted by Gasteiger charge is -2.06. The first-order valence-electron chi connectivity index (χ1n) is 12.1. The second kappa shape index (κ2) is 17.1. The van der Waals surface area contributed by atoms with Crippen molar-refractivity contribution < 1.29 is 39.7 Å². The van der Waals surface area contributed by atoms with Crippen LogP contribution in [0.3, 0.4) is 0 Å². The number of hydrogen-bond acceptors (Lipinski definition) is 13. The number of hydrogen-bond donors (Lipinski definition) is 0. The van der Waals surface area contributed by atoms with Gasteiger partial charge >= 0.3 is 26.2 Å². The zero-order chi connectivity index (χ0) is 29.4. The van der Waals surface area contributed by atoms with Crippen LogP contribution < -0.4 is 4.74 Å². The van der Waals surface area contributed by atoms with E-state index >= 15 is 0 Å². The lowest BCUT2D eigenvalue weighted by atomic mass is 10.2. The number of nitrogens with zero attached hydrogens (tertiary/aromatic N) is 2. The number of thioether (sulfide) groups is 2. The van der Waals surface area contributed by atoms with Gasteiger partial charge in [-0.25, -0.2) is 4.79 Å². The number of benzene rings is 2. The molecule has 0 fully saturated rings. The van der Waals surface area contributed by atoms with Crippen molar-refractivity contribution in [1.82, 2.24) is 0 Å². The summed E-state index contributed by atoms with van der Waals surface area (Å²) in [6, 6.07) is 14.3. The number of esters is 1. The van der Waals surface area contributed by atoms with Gasteiger partial charge < -0.3 is 9.47 Å². The Morgan fingerprint density at radius 3 is 2.02 bits per heavy atom. The van der Waals surface area contributed by atoms with Crippen LogP contribution >= 0.6 is 23.5 Å². The maximum atomic E-state index is 12.2. The van der Waals surface area contributed by atoms with E-state index in [-0.39, 0.29) is 15.7 Å². The smallest absolute Gasteiger partial charge is 0.366 e. The topological polar surface area (TPSA) is 147 Å². The number of ether oxygens (including phenoxy) is 2. The molecule has 0 spiro atoms. The fourth-order valence-corrected chi connectivity index (χ4v) is 6.23.